The van der Waals surface area contributed by atoms with Crippen LogP contribution in [-0.4, -0.2) is 5.11 Å². The van der Waals surface area contributed by atoms with Gasteiger partial charge in [0.2, 0.25) is 0 Å². The summed E-state index contributed by atoms with van der Waals surface area (Å²) in [5, 5.41) is 12.1. The van der Waals surface area contributed by atoms with Gasteiger partial charge in [-0.1, -0.05) is 53.5 Å². The van der Waals surface area contributed by atoms with Gasteiger partial charge in [-0.25, -0.2) is 0 Å². The smallest absolute Gasteiger partial charge is 0.134 e. The van der Waals surface area contributed by atoms with Crippen LogP contribution in [0, 0.1) is 0 Å². The summed E-state index contributed by atoms with van der Waals surface area (Å²) in [6, 6.07) is 12.7. The molecule has 0 amide bonds. The van der Waals surface area contributed by atoms with E-state index < -0.39 is 6.10 Å². The molecule has 0 spiro atoms. The second-order valence-electron chi connectivity index (χ2n) is 4.23. The van der Waals surface area contributed by atoms with Gasteiger partial charge in [0.05, 0.1) is 16.3 Å². The van der Waals surface area contributed by atoms with Gasteiger partial charge in [0, 0.05) is 16.5 Å². The molecule has 96 valence electrons. The molecule has 0 saturated heterocycles. The highest BCUT2D eigenvalue weighted by atomic mass is 35.5. The summed E-state index contributed by atoms with van der Waals surface area (Å²) in [6.45, 7) is 0. The molecule has 2 nitrogen and oxygen atoms in total. The zero-order chi connectivity index (χ0) is 13.4. The van der Waals surface area contributed by atoms with E-state index in [4.69, 9.17) is 27.6 Å². The van der Waals surface area contributed by atoms with Crippen LogP contribution >= 0.6 is 23.2 Å². The van der Waals surface area contributed by atoms with Crippen molar-refractivity contribution in [3.63, 3.8) is 0 Å². The molecule has 4 heteroatoms. The largest absolute Gasteiger partial charge is 0.464 e. The number of rotatable bonds is 2. The lowest BCUT2D eigenvalue weighted by Crippen LogP contribution is -1.99. The number of halogens is 2. The van der Waals surface area contributed by atoms with Gasteiger partial charge in [-0.15, -0.1) is 0 Å². The monoisotopic (exact) mass is 292 g/mol. The SMILES string of the molecule is OC(c1cccc(Cl)c1Cl)c1coc2ccccc12. The molecule has 0 radical (unpaired) electrons. The van der Waals surface area contributed by atoms with Gasteiger partial charge in [0.1, 0.15) is 11.7 Å². The predicted octanol–water partition coefficient (Wildman–Crippen LogP) is 4.82. The number of fused-ring (bicyclic) bond motifs is 1. The van der Waals surface area contributed by atoms with Crippen LogP contribution in [0.15, 0.2) is 53.1 Å². The molecule has 0 aliphatic carbocycles. The second kappa shape index (κ2) is 4.89. The Bertz CT molecular complexity index is 734. The fourth-order valence-corrected chi connectivity index (χ4v) is 2.52. The van der Waals surface area contributed by atoms with Crippen molar-refractivity contribution in [1.29, 1.82) is 0 Å². The Kier molecular flexibility index (Phi) is 3.23. The summed E-state index contributed by atoms with van der Waals surface area (Å²) in [7, 11) is 0. The van der Waals surface area contributed by atoms with Gasteiger partial charge < -0.3 is 9.52 Å². The lowest BCUT2D eigenvalue weighted by Gasteiger charge is -2.12. The Hall–Kier alpha value is -1.48. The highest BCUT2D eigenvalue weighted by Gasteiger charge is 2.19. The summed E-state index contributed by atoms with van der Waals surface area (Å²) in [5.74, 6) is 0. The van der Waals surface area contributed by atoms with E-state index in [1.54, 1.807) is 24.5 Å². The third-order valence-electron chi connectivity index (χ3n) is 3.08. The van der Waals surface area contributed by atoms with Gasteiger partial charge in [-0.2, -0.15) is 0 Å². The van der Waals surface area contributed by atoms with E-state index in [1.807, 2.05) is 24.3 Å². The van der Waals surface area contributed by atoms with E-state index in [0.29, 0.717) is 21.2 Å². The lowest BCUT2D eigenvalue weighted by atomic mass is 10.0. The summed E-state index contributed by atoms with van der Waals surface area (Å²) >= 11 is 12.1. The average molecular weight is 293 g/mol. The number of hydrogen-bond donors (Lipinski definition) is 1. The minimum atomic E-state index is -0.866. The summed E-state index contributed by atoms with van der Waals surface area (Å²) in [6.07, 6.45) is 0.682. The molecular weight excluding hydrogens is 283 g/mol. The standard InChI is InChI=1S/C15H10Cl2O2/c16-12-6-3-5-10(14(12)17)15(18)11-8-19-13-7-2-1-4-9(11)13/h1-8,15,18H. The fourth-order valence-electron chi connectivity index (χ4n) is 2.11. The van der Waals surface area contributed by atoms with E-state index in [1.165, 1.54) is 0 Å². The number of aliphatic hydroxyl groups excluding tert-OH is 1. The minimum Gasteiger partial charge on any atom is -0.464 e. The van der Waals surface area contributed by atoms with Gasteiger partial charge in [-0.05, 0) is 12.1 Å². The normalized spacial score (nSPS) is 12.8. The molecule has 0 aliphatic heterocycles. The van der Waals surface area contributed by atoms with E-state index in [0.717, 1.165) is 11.0 Å². The van der Waals surface area contributed by atoms with Gasteiger partial charge in [-0.3, -0.25) is 0 Å². The van der Waals surface area contributed by atoms with Crippen LogP contribution in [0.2, 0.25) is 10.0 Å². The number of para-hydroxylation sites is 1. The molecule has 0 fully saturated rings. The fraction of sp³-hybridized carbons (Fsp3) is 0.0667. The van der Waals surface area contributed by atoms with E-state index in [9.17, 15) is 5.11 Å². The zero-order valence-corrected chi connectivity index (χ0v) is 11.3. The first kappa shape index (κ1) is 12.5. The number of furan rings is 1. The molecule has 0 saturated carbocycles. The molecule has 3 aromatic rings. The zero-order valence-electron chi connectivity index (χ0n) is 9.81. The molecular formula is C15H10Cl2O2. The molecule has 1 N–H and O–H groups in total. The van der Waals surface area contributed by atoms with Gasteiger partial charge in [0.25, 0.3) is 0 Å². The Labute approximate surface area is 120 Å². The van der Waals surface area contributed by atoms with Crippen molar-refractivity contribution in [3.8, 4) is 0 Å². The molecule has 1 unspecified atom stereocenters. The molecule has 1 heterocycles. The maximum atomic E-state index is 10.5. The van der Waals surface area contributed by atoms with Crippen molar-refractivity contribution in [1.82, 2.24) is 0 Å². The van der Waals surface area contributed by atoms with Crippen molar-refractivity contribution in [2.45, 2.75) is 6.10 Å². The summed E-state index contributed by atoms with van der Waals surface area (Å²) < 4.78 is 5.43. The van der Waals surface area contributed by atoms with Crippen LogP contribution in [0.1, 0.15) is 17.2 Å². The topological polar surface area (TPSA) is 33.4 Å². The first-order valence-electron chi connectivity index (χ1n) is 5.76. The van der Waals surface area contributed by atoms with Crippen LogP contribution in [0.4, 0.5) is 0 Å². The summed E-state index contributed by atoms with van der Waals surface area (Å²) in [5.41, 5.74) is 1.98. The molecule has 0 bridgehead atoms. The van der Waals surface area contributed by atoms with Crippen LogP contribution in [-0.2, 0) is 0 Å². The average Bonchev–Trinajstić information content (AvgIpc) is 2.85. The van der Waals surface area contributed by atoms with Crippen LogP contribution < -0.4 is 0 Å². The highest BCUT2D eigenvalue weighted by molar-refractivity contribution is 6.42. The molecule has 3 rings (SSSR count). The van der Waals surface area contributed by atoms with E-state index in [2.05, 4.69) is 0 Å². The number of hydrogen-bond acceptors (Lipinski definition) is 2. The Balaban J connectivity index is 2.13. The van der Waals surface area contributed by atoms with Crippen molar-refractivity contribution < 1.29 is 9.52 Å². The third-order valence-corrected chi connectivity index (χ3v) is 3.92. The third kappa shape index (κ3) is 2.12. The number of benzene rings is 2. The summed E-state index contributed by atoms with van der Waals surface area (Å²) in [4.78, 5) is 0. The predicted molar refractivity (Wildman–Crippen MR) is 76.7 cm³/mol. The highest BCUT2D eigenvalue weighted by Crippen LogP contribution is 2.36. The van der Waals surface area contributed by atoms with E-state index in [-0.39, 0.29) is 0 Å². The maximum Gasteiger partial charge on any atom is 0.134 e. The quantitative estimate of drug-likeness (QED) is 0.734. The Morgan fingerprint density at radius 2 is 1.74 bits per heavy atom. The first-order valence-corrected chi connectivity index (χ1v) is 6.52. The van der Waals surface area contributed by atoms with Crippen LogP contribution in [0.25, 0.3) is 11.0 Å². The molecule has 1 atom stereocenters. The molecule has 1 aromatic heterocycles. The van der Waals surface area contributed by atoms with Crippen LogP contribution in [0.3, 0.4) is 0 Å². The van der Waals surface area contributed by atoms with Crippen molar-refractivity contribution in [2.75, 3.05) is 0 Å². The second-order valence-corrected chi connectivity index (χ2v) is 5.02. The lowest BCUT2D eigenvalue weighted by molar-refractivity contribution is 0.220. The molecule has 0 aliphatic rings. The van der Waals surface area contributed by atoms with Gasteiger partial charge in [0.15, 0.2) is 0 Å². The number of aliphatic hydroxyl groups is 1. The first-order chi connectivity index (χ1) is 9.18. The minimum absolute atomic E-state index is 0.363. The van der Waals surface area contributed by atoms with E-state index >= 15 is 0 Å². The van der Waals surface area contributed by atoms with Gasteiger partial charge >= 0.3 is 0 Å². The van der Waals surface area contributed by atoms with Crippen molar-refractivity contribution in [3.05, 3.63) is 69.9 Å². The maximum absolute atomic E-state index is 10.5. The Morgan fingerprint density at radius 1 is 0.947 bits per heavy atom. The van der Waals surface area contributed by atoms with Crippen LogP contribution in [0.5, 0.6) is 0 Å². The molecule has 2 aromatic carbocycles. The van der Waals surface area contributed by atoms with Crippen molar-refractivity contribution in [2.24, 2.45) is 0 Å². The Morgan fingerprint density at radius 3 is 2.58 bits per heavy atom. The van der Waals surface area contributed by atoms with Crippen molar-refractivity contribution >= 4 is 34.2 Å². The molecule has 19 heavy (non-hydrogen) atoms.